The normalized spacial score (nSPS) is 10.5. The molecule has 0 saturated carbocycles. The zero-order valence-corrected chi connectivity index (χ0v) is 25.5. The van der Waals surface area contributed by atoms with Gasteiger partial charge in [-0.1, -0.05) is 128 Å². The van der Waals surface area contributed by atoms with Crippen molar-refractivity contribution in [1.29, 1.82) is 0 Å². The number of hydrogen-bond acceptors (Lipinski definition) is 3. The van der Waals surface area contributed by atoms with Gasteiger partial charge in [0.05, 0.1) is 11.4 Å². The molecule has 0 aliphatic heterocycles. The molecule has 0 fully saturated rings. The molecule has 2 rings (SSSR count). The van der Waals surface area contributed by atoms with E-state index in [2.05, 4.69) is 92.6 Å². The number of rotatable bonds is 20. The molecule has 0 heterocycles. The second-order valence-electron chi connectivity index (χ2n) is 10.4. The Hall–Kier alpha value is -2.75. The molecule has 0 aromatic heterocycles. The second-order valence-corrected chi connectivity index (χ2v) is 10.4. The molecular formula is C35H56N2O2. The van der Waals surface area contributed by atoms with Gasteiger partial charge in [-0.15, -0.1) is 0 Å². The number of carboxylic acid groups (broad SMARTS) is 1. The molecule has 0 radical (unpaired) electrons. The fourth-order valence-electron chi connectivity index (χ4n) is 4.87. The molecule has 4 heteroatoms. The average Bonchev–Trinajstić information content (AvgIpc) is 2.96. The Morgan fingerprint density at radius 3 is 1.51 bits per heavy atom. The third kappa shape index (κ3) is 13.7. The van der Waals surface area contributed by atoms with Gasteiger partial charge in [0.25, 0.3) is 0 Å². The Kier molecular flexibility index (Phi) is 19.4. The first-order valence-corrected chi connectivity index (χ1v) is 15.6. The molecule has 2 aromatic carbocycles. The van der Waals surface area contributed by atoms with E-state index in [9.17, 15) is 4.79 Å². The second kappa shape index (κ2) is 22.1. The molecule has 0 unspecified atom stereocenters. The maximum Gasteiger partial charge on any atom is 0.327 e. The molecule has 0 amide bonds. The smallest absolute Gasteiger partial charge is 0.327 e. The highest BCUT2D eigenvalue weighted by molar-refractivity contribution is 5.88. The number of hydrogen-bond donors (Lipinski definition) is 1. The maximum absolute atomic E-state index is 9.25. The quantitative estimate of drug-likeness (QED) is 0.135. The van der Waals surface area contributed by atoms with Crippen LogP contribution in [-0.4, -0.2) is 37.3 Å². The minimum atomic E-state index is -0.981. The van der Waals surface area contributed by atoms with Crippen molar-refractivity contribution >= 4 is 17.3 Å². The highest BCUT2D eigenvalue weighted by Crippen LogP contribution is 2.40. The van der Waals surface area contributed by atoms with Gasteiger partial charge in [0.1, 0.15) is 0 Å². The van der Waals surface area contributed by atoms with Crippen molar-refractivity contribution in [3.8, 4) is 11.1 Å². The fourth-order valence-corrected chi connectivity index (χ4v) is 4.87. The lowest BCUT2D eigenvalue weighted by molar-refractivity contribution is -0.131. The first-order valence-electron chi connectivity index (χ1n) is 15.6. The number of unbranched alkanes of at least 4 members (excludes halogenated alkanes) is 8. The Balaban J connectivity index is 0.00000139. The van der Waals surface area contributed by atoms with Crippen LogP contribution in [0.4, 0.5) is 11.4 Å². The molecule has 0 saturated heterocycles. The van der Waals surface area contributed by atoms with Crippen molar-refractivity contribution in [3.63, 3.8) is 0 Å². The average molecular weight is 537 g/mol. The molecule has 0 spiro atoms. The van der Waals surface area contributed by atoms with E-state index in [0.717, 1.165) is 19.2 Å². The summed E-state index contributed by atoms with van der Waals surface area (Å²) in [4.78, 5) is 14.7. The van der Waals surface area contributed by atoms with E-state index in [4.69, 9.17) is 5.11 Å². The van der Waals surface area contributed by atoms with Gasteiger partial charge in [0.15, 0.2) is 0 Å². The van der Waals surface area contributed by atoms with Gasteiger partial charge >= 0.3 is 5.97 Å². The molecule has 0 aliphatic carbocycles. The molecule has 0 bridgehead atoms. The van der Waals surface area contributed by atoms with Crippen LogP contribution in [0.25, 0.3) is 11.1 Å². The Morgan fingerprint density at radius 2 is 1.10 bits per heavy atom. The lowest BCUT2D eigenvalue weighted by Crippen LogP contribution is -2.32. The van der Waals surface area contributed by atoms with Crippen LogP contribution in [0, 0.1) is 0 Å². The summed E-state index contributed by atoms with van der Waals surface area (Å²) < 4.78 is 0. The zero-order chi connectivity index (χ0) is 28.7. The maximum atomic E-state index is 9.25. The number of para-hydroxylation sites is 1. The van der Waals surface area contributed by atoms with E-state index in [0.29, 0.717) is 0 Å². The molecule has 1 N–H and O–H groups in total. The molecule has 0 atom stereocenters. The van der Waals surface area contributed by atoms with Crippen LogP contribution in [0.5, 0.6) is 0 Å². The number of anilines is 2. The molecular weight excluding hydrogens is 480 g/mol. The van der Waals surface area contributed by atoms with Crippen LogP contribution in [0.15, 0.2) is 61.2 Å². The minimum Gasteiger partial charge on any atom is -0.478 e. The summed E-state index contributed by atoms with van der Waals surface area (Å²) >= 11 is 0. The van der Waals surface area contributed by atoms with E-state index in [1.165, 1.54) is 113 Å². The number of carboxylic acids is 1. The summed E-state index contributed by atoms with van der Waals surface area (Å²) in [6, 6.07) is 18.1. The Bertz CT molecular complexity index is 877. The molecule has 4 nitrogen and oxygen atoms in total. The van der Waals surface area contributed by atoms with Gasteiger partial charge in [-0.2, -0.15) is 0 Å². The number of carbonyl (C=O) groups is 1. The van der Waals surface area contributed by atoms with Crippen LogP contribution < -0.4 is 9.80 Å². The minimum absolute atomic E-state index is 0.833. The summed E-state index contributed by atoms with van der Waals surface area (Å²) in [6.07, 6.45) is 16.3. The van der Waals surface area contributed by atoms with Gasteiger partial charge in [0, 0.05) is 37.8 Å². The van der Waals surface area contributed by atoms with E-state index >= 15 is 0 Å². The van der Waals surface area contributed by atoms with Gasteiger partial charge in [0.2, 0.25) is 0 Å². The van der Waals surface area contributed by atoms with E-state index < -0.39 is 5.97 Å². The highest BCUT2D eigenvalue weighted by Gasteiger charge is 2.20. The van der Waals surface area contributed by atoms with E-state index in [-0.39, 0.29) is 0 Å². The summed E-state index contributed by atoms with van der Waals surface area (Å²) in [7, 11) is 0. The number of aliphatic carboxylic acids is 1. The lowest BCUT2D eigenvalue weighted by atomic mass is 9.99. The molecule has 0 aliphatic rings. The van der Waals surface area contributed by atoms with Crippen LogP contribution in [0.3, 0.4) is 0 Å². The molecule has 2 aromatic rings. The first-order chi connectivity index (χ1) is 19.0. The summed E-state index contributed by atoms with van der Waals surface area (Å²) in [5.74, 6) is -0.981. The zero-order valence-electron chi connectivity index (χ0n) is 25.5. The van der Waals surface area contributed by atoms with Crippen LogP contribution >= 0.6 is 0 Å². The Morgan fingerprint density at radius 1 is 0.667 bits per heavy atom. The van der Waals surface area contributed by atoms with Gasteiger partial charge in [-0.05, 0) is 37.3 Å². The summed E-state index contributed by atoms with van der Waals surface area (Å²) in [6.45, 7) is 16.9. The van der Waals surface area contributed by atoms with Crippen molar-refractivity contribution in [2.45, 2.75) is 105 Å². The molecule has 39 heavy (non-hydrogen) atoms. The Labute approximate surface area is 240 Å². The van der Waals surface area contributed by atoms with E-state index in [1.807, 2.05) is 0 Å². The third-order valence-corrected chi connectivity index (χ3v) is 7.06. The van der Waals surface area contributed by atoms with Gasteiger partial charge in [-0.3, -0.25) is 0 Å². The lowest BCUT2D eigenvalue weighted by Gasteiger charge is -2.35. The largest absolute Gasteiger partial charge is 0.478 e. The predicted molar refractivity (Wildman–Crippen MR) is 172 cm³/mol. The highest BCUT2D eigenvalue weighted by atomic mass is 16.4. The number of nitrogens with zero attached hydrogens (tertiary/aromatic N) is 2. The van der Waals surface area contributed by atoms with Crippen molar-refractivity contribution < 1.29 is 9.90 Å². The summed E-state index contributed by atoms with van der Waals surface area (Å²) in [5, 5.41) is 7.60. The third-order valence-electron chi connectivity index (χ3n) is 7.06. The number of benzene rings is 2. The van der Waals surface area contributed by atoms with Gasteiger partial charge in [-0.25, -0.2) is 4.79 Å². The first kappa shape index (κ1) is 34.3. The topological polar surface area (TPSA) is 43.8 Å². The van der Waals surface area contributed by atoms with Crippen LogP contribution in [0.1, 0.15) is 105 Å². The van der Waals surface area contributed by atoms with Crippen LogP contribution in [-0.2, 0) is 4.79 Å². The molecule has 218 valence electrons. The standard InChI is InChI=1S/C32H52N2.C3H4O2/c1-5-9-16-25-33(26-17-10-6-2)31-24-20-23-30(29-21-14-13-15-22-29)32(31)34(27-18-11-7-3)28-19-12-8-4;1-2-3(4)5/h13-15,20-24H,5-12,16-19,25-28H2,1-4H3;2H,1H2,(H,4,5). The monoisotopic (exact) mass is 536 g/mol. The summed E-state index contributed by atoms with van der Waals surface area (Å²) in [5.41, 5.74) is 5.69. The van der Waals surface area contributed by atoms with Crippen molar-refractivity contribution in [1.82, 2.24) is 0 Å². The van der Waals surface area contributed by atoms with Gasteiger partial charge < -0.3 is 14.9 Å². The van der Waals surface area contributed by atoms with Crippen molar-refractivity contribution in [3.05, 3.63) is 61.2 Å². The fraction of sp³-hybridized carbons (Fsp3) is 0.571. The van der Waals surface area contributed by atoms with E-state index in [1.54, 1.807) is 0 Å². The predicted octanol–water partition coefficient (Wildman–Crippen LogP) is 9.98. The van der Waals surface area contributed by atoms with Crippen molar-refractivity contribution in [2.24, 2.45) is 0 Å². The SMILES string of the molecule is C=CC(=O)O.CCCCCN(CCCCC)c1cccc(-c2ccccc2)c1N(CCCCC)CCCCC. The van der Waals surface area contributed by atoms with Crippen LogP contribution in [0.2, 0.25) is 0 Å². The van der Waals surface area contributed by atoms with Crippen molar-refractivity contribution in [2.75, 3.05) is 36.0 Å².